The number of benzene rings is 1. The molecule has 2 rings (SSSR count). The molecule has 3 atom stereocenters. The van der Waals surface area contributed by atoms with E-state index in [-0.39, 0.29) is 23.7 Å². The maximum Gasteiger partial charge on any atom is 0.326 e. The molecule has 4 nitrogen and oxygen atoms in total. The maximum absolute atomic E-state index is 12.0. The summed E-state index contributed by atoms with van der Waals surface area (Å²) in [6.45, 7) is 3.58. The van der Waals surface area contributed by atoms with Gasteiger partial charge < -0.3 is 10.4 Å². The topological polar surface area (TPSA) is 66.4 Å². The van der Waals surface area contributed by atoms with Gasteiger partial charge >= 0.3 is 5.97 Å². The van der Waals surface area contributed by atoms with Crippen molar-refractivity contribution in [3.63, 3.8) is 0 Å². The van der Waals surface area contributed by atoms with Gasteiger partial charge in [0.25, 0.3) is 0 Å². The molecule has 1 aromatic rings. The Labute approximate surface area is 112 Å². The molecule has 1 aromatic carbocycles. The Morgan fingerprint density at radius 3 is 2.42 bits per heavy atom. The molecule has 0 aliphatic heterocycles. The molecule has 0 bridgehead atoms. The van der Waals surface area contributed by atoms with Crippen LogP contribution in [0.15, 0.2) is 30.3 Å². The monoisotopic (exact) mass is 261 g/mol. The summed E-state index contributed by atoms with van der Waals surface area (Å²) in [6, 6.07) is 9.07. The van der Waals surface area contributed by atoms with Gasteiger partial charge in [0.15, 0.2) is 0 Å². The Bertz CT molecular complexity index is 470. The lowest BCUT2D eigenvalue weighted by Crippen LogP contribution is -2.45. The van der Waals surface area contributed by atoms with E-state index < -0.39 is 12.0 Å². The predicted octanol–water partition coefficient (Wildman–Crippen LogP) is 2.02. The van der Waals surface area contributed by atoms with Crippen molar-refractivity contribution >= 4 is 11.9 Å². The van der Waals surface area contributed by atoms with Gasteiger partial charge in [-0.1, -0.05) is 44.2 Å². The highest BCUT2D eigenvalue weighted by molar-refractivity contribution is 5.87. The molecule has 2 unspecified atom stereocenters. The standard InChI is InChI=1S/C15H19NO3/c1-9(2)13(15(18)19)16-14(17)12-8-11(12)10-6-4-3-5-7-10/h3-7,9,11-13H,8H2,1-2H3,(H,16,17)(H,18,19)/t11?,12?,13-/m0/s1. The molecule has 0 radical (unpaired) electrons. The second-order valence-electron chi connectivity index (χ2n) is 5.43. The smallest absolute Gasteiger partial charge is 0.326 e. The van der Waals surface area contributed by atoms with Crippen molar-refractivity contribution in [1.82, 2.24) is 5.32 Å². The Hall–Kier alpha value is -1.84. The summed E-state index contributed by atoms with van der Waals surface area (Å²) < 4.78 is 0. The van der Waals surface area contributed by atoms with Gasteiger partial charge in [0, 0.05) is 5.92 Å². The van der Waals surface area contributed by atoms with Crippen LogP contribution in [0.4, 0.5) is 0 Å². The highest BCUT2D eigenvalue weighted by Crippen LogP contribution is 2.47. The Balaban J connectivity index is 1.94. The summed E-state index contributed by atoms with van der Waals surface area (Å²) in [5.74, 6) is -1.07. The number of carboxylic acid groups (broad SMARTS) is 1. The molecule has 0 spiro atoms. The molecule has 1 saturated carbocycles. The Morgan fingerprint density at radius 2 is 1.89 bits per heavy atom. The minimum absolute atomic E-state index is 0.0806. The van der Waals surface area contributed by atoms with Crippen LogP contribution < -0.4 is 5.32 Å². The van der Waals surface area contributed by atoms with E-state index in [0.717, 1.165) is 12.0 Å². The van der Waals surface area contributed by atoms with Crippen molar-refractivity contribution in [2.45, 2.75) is 32.2 Å². The summed E-state index contributed by atoms with van der Waals surface area (Å²) in [5, 5.41) is 11.7. The van der Waals surface area contributed by atoms with Crippen molar-refractivity contribution in [3.8, 4) is 0 Å². The molecule has 102 valence electrons. The van der Waals surface area contributed by atoms with Gasteiger partial charge in [-0.25, -0.2) is 4.79 Å². The maximum atomic E-state index is 12.0. The Morgan fingerprint density at radius 1 is 1.26 bits per heavy atom. The van der Waals surface area contributed by atoms with Gasteiger partial charge in [0.1, 0.15) is 6.04 Å². The molecule has 1 amide bonds. The third kappa shape index (κ3) is 3.13. The molecule has 4 heteroatoms. The zero-order chi connectivity index (χ0) is 14.0. The van der Waals surface area contributed by atoms with E-state index in [9.17, 15) is 9.59 Å². The third-order valence-corrected chi connectivity index (χ3v) is 3.59. The molecule has 0 saturated heterocycles. The lowest BCUT2D eigenvalue weighted by Gasteiger charge is -2.17. The minimum Gasteiger partial charge on any atom is -0.480 e. The number of rotatable bonds is 5. The molecule has 1 fully saturated rings. The van der Waals surface area contributed by atoms with Crippen LogP contribution in [0.5, 0.6) is 0 Å². The molecule has 2 N–H and O–H groups in total. The molecule has 19 heavy (non-hydrogen) atoms. The van der Waals surface area contributed by atoms with E-state index in [1.807, 2.05) is 30.3 Å². The fraction of sp³-hybridized carbons (Fsp3) is 0.467. The van der Waals surface area contributed by atoms with E-state index in [4.69, 9.17) is 5.11 Å². The van der Waals surface area contributed by atoms with E-state index in [1.54, 1.807) is 13.8 Å². The lowest BCUT2D eigenvalue weighted by atomic mass is 10.0. The summed E-state index contributed by atoms with van der Waals surface area (Å²) in [5.41, 5.74) is 1.15. The van der Waals surface area contributed by atoms with Crippen LogP contribution in [-0.4, -0.2) is 23.0 Å². The molecule has 0 aromatic heterocycles. The van der Waals surface area contributed by atoms with Gasteiger partial charge in [0.05, 0.1) is 0 Å². The zero-order valence-corrected chi connectivity index (χ0v) is 11.2. The number of carbonyl (C=O) groups excluding carboxylic acids is 1. The van der Waals surface area contributed by atoms with Crippen molar-refractivity contribution in [3.05, 3.63) is 35.9 Å². The number of nitrogens with one attached hydrogen (secondary N) is 1. The highest BCUT2D eigenvalue weighted by Gasteiger charge is 2.44. The number of aliphatic carboxylic acids is 1. The van der Waals surface area contributed by atoms with Crippen LogP contribution in [0.1, 0.15) is 31.7 Å². The highest BCUT2D eigenvalue weighted by atomic mass is 16.4. The van der Waals surface area contributed by atoms with Crippen molar-refractivity contribution < 1.29 is 14.7 Å². The quantitative estimate of drug-likeness (QED) is 0.852. The predicted molar refractivity (Wildman–Crippen MR) is 71.7 cm³/mol. The second-order valence-corrected chi connectivity index (χ2v) is 5.43. The third-order valence-electron chi connectivity index (χ3n) is 3.59. The van der Waals surface area contributed by atoms with Crippen LogP contribution in [0.3, 0.4) is 0 Å². The SMILES string of the molecule is CC(C)[C@H](NC(=O)C1CC1c1ccccc1)C(=O)O. The van der Waals surface area contributed by atoms with E-state index in [2.05, 4.69) is 5.32 Å². The number of carboxylic acids is 1. The van der Waals surface area contributed by atoms with Crippen LogP contribution >= 0.6 is 0 Å². The molecular formula is C15H19NO3. The Kier molecular flexibility index (Phi) is 3.88. The van der Waals surface area contributed by atoms with Crippen LogP contribution in [0.2, 0.25) is 0 Å². The molecular weight excluding hydrogens is 242 g/mol. The first-order chi connectivity index (χ1) is 9.00. The molecule has 1 aliphatic rings. The molecule has 1 aliphatic carbocycles. The summed E-state index contributed by atoms with van der Waals surface area (Å²) >= 11 is 0. The van der Waals surface area contributed by atoms with Crippen LogP contribution in [0.25, 0.3) is 0 Å². The first-order valence-electron chi connectivity index (χ1n) is 6.59. The normalized spacial score (nSPS) is 22.9. The lowest BCUT2D eigenvalue weighted by molar-refractivity contribution is -0.143. The summed E-state index contributed by atoms with van der Waals surface area (Å²) in [6.07, 6.45) is 0.806. The number of hydrogen-bond donors (Lipinski definition) is 2. The largest absolute Gasteiger partial charge is 0.480 e. The average Bonchev–Trinajstić information content (AvgIpc) is 3.16. The fourth-order valence-electron chi connectivity index (χ4n) is 2.33. The first kappa shape index (κ1) is 13.6. The van der Waals surface area contributed by atoms with Gasteiger partial charge in [-0.2, -0.15) is 0 Å². The second kappa shape index (κ2) is 5.43. The fourth-order valence-corrected chi connectivity index (χ4v) is 2.33. The van der Waals surface area contributed by atoms with Gasteiger partial charge in [0.2, 0.25) is 5.91 Å². The van der Waals surface area contributed by atoms with E-state index in [1.165, 1.54) is 0 Å². The van der Waals surface area contributed by atoms with Crippen molar-refractivity contribution in [1.29, 1.82) is 0 Å². The van der Waals surface area contributed by atoms with Gasteiger partial charge in [-0.15, -0.1) is 0 Å². The van der Waals surface area contributed by atoms with Gasteiger partial charge in [-0.3, -0.25) is 4.79 Å². The number of amides is 1. The van der Waals surface area contributed by atoms with Crippen LogP contribution in [-0.2, 0) is 9.59 Å². The van der Waals surface area contributed by atoms with Crippen LogP contribution in [0, 0.1) is 11.8 Å². The van der Waals surface area contributed by atoms with E-state index in [0.29, 0.717) is 0 Å². The van der Waals surface area contributed by atoms with Crippen molar-refractivity contribution in [2.75, 3.05) is 0 Å². The summed E-state index contributed by atoms with van der Waals surface area (Å²) in [4.78, 5) is 23.1. The zero-order valence-electron chi connectivity index (χ0n) is 11.2. The molecule has 0 heterocycles. The first-order valence-corrected chi connectivity index (χ1v) is 6.59. The summed E-state index contributed by atoms with van der Waals surface area (Å²) in [7, 11) is 0. The average molecular weight is 261 g/mol. The van der Waals surface area contributed by atoms with E-state index >= 15 is 0 Å². The number of hydrogen-bond acceptors (Lipinski definition) is 2. The number of carbonyl (C=O) groups is 2. The van der Waals surface area contributed by atoms with Crippen molar-refractivity contribution in [2.24, 2.45) is 11.8 Å². The van der Waals surface area contributed by atoms with Gasteiger partial charge in [-0.05, 0) is 23.8 Å². The minimum atomic E-state index is -0.972.